The number of nitro benzene ring substituents is 1. The van der Waals surface area contributed by atoms with Gasteiger partial charge in [0.1, 0.15) is 0 Å². The van der Waals surface area contributed by atoms with Crippen molar-refractivity contribution >= 4 is 28.9 Å². The second-order valence-corrected chi connectivity index (χ2v) is 6.59. The number of anilines is 1. The van der Waals surface area contributed by atoms with Crippen LogP contribution in [0.2, 0.25) is 0 Å². The van der Waals surface area contributed by atoms with Crippen LogP contribution in [0.1, 0.15) is 49.4 Å². The minimum atomic E-state index is -0.889. The van der Waals surface area contributed by atoms with Gasteiger partial charge < -0.3 is 19.8 Å². The number of ether oxygens (including phenoxy) is 2. The Morgan fingerprint density at radius 2 is 1.93 bits per heavy atom. The van der Waals surface area contributed by atoms with Gasteiger partial charge in [-0.1, -0.05) is 0 Å². The lowest BCUT2D eigenvalue weighted by Crippen LogP contribution is -2.18. The predicted molar refractivity (Wildman–Crippen MR) is 108 cm³/mol. The van der Waals surface area contributed by atoms with Gasteiger partial charge in [0.05, 0.1) is 22.8 Å². The average molecular weight is 417 g/mol. The molecule has 10 heteroatoms. The number of nitrogens with one attached hydrogen (secondary N) is 2. The summed E-state index contributed by atoms with van der Waals surface area (Å²) in [7, 11) is 1.51. The number of ketones is 2. The number of rotatable bonds is 10. The van der Waals surface area contributed by atoms with Crippen molar-refractivity contribution in [2.45, 2.75) is 20.8 Å². The average Bonchev–Trinajstić information content (AvgIpc) is 3.00. The Morgan fingerprint density at radius 1 is 1.23 bits per heavy atom. The molecule has 2 N–H and O–H groups in total. The minimum Gasteiger partial charge on any atom is -0.454 e. The highest BCUT2D eigenvalue weighted by molar-refractivity contribution is 6.05. The quantitative estimate of drug-likeness (QED) is 0.198. The van der Waals surface area contributed by atoms with Gasteiger partial charge in [-0.25, -0.2) is 4.79 Å². The van der Waals surface area contributed by atoms with Crippen LogP contribution in [0.15, 0.2) is 18.2 Å². The smallest absolute Gasteiger partial charge is 0.340 e. The Hall–Kier alpha value is -3.53. The molecule has 0 unspecified atom stereocenters. The zero-order valence-corrected chi connectivity index (χ0v) is 17.2. The van der Waals surface area contributed by atoms with Gasteiger partial charge in [-0.2, -0.15) is 0 Å². The Morgan fingerprint density at radius 3 is 2.50 bits per heavy atom. The molecule has 1 aromatic heterocycles. The number of esters is 1. The molecule has 1 heterocycles. The summed E-state index contributed by atoms with van der Waals surface area (Å²) < 4.78 is 10.0. The summed E-state index contributed by atoms with van der Waals surface area (Å²) in [4.78, 5) is 50.0. The fourth-order valence-electron chi connectivity index (χ4n) is 3.09. The maximum atomic E-state index is 12.5. The molecule has 0 aliphatic carbocycles. The number of carbonyl (C=O) groups is 3. The number of hydrogen-bond acceptors (Lipinski definition) is 8. The lowest BCUT2D eigenvalue weighted by atomic mass is 10.1. The van der Waals surface area contributed by atoms with Crippen LogP contribution in [0.5, 0.6) is 0 Å². The van der Waals surface area contributed by atoms with Gasteiger partial charge in [0.2, 0.25) is 5.78 Å². The number of benzene rings is 1. The van der Waals surface area contributed by atoms with Crippen LogP contribution >= 0.6 is 0 Å². The van der Waals surface area contributed by atoms with E-state index < -0.39 is 23.3 Å². The van der Waals surface area contributed by atoms with Gasteiger partial charge in [-0.05, 0) is 32.4 Å². The molecule has 2 aromatic rings. The summed E-state index contributed by atoms with van der Waals surface area (Å²) in [5.74, 6) is -1.59. The summed E-state index contributed by atoms with van der Waals surface area (Å²) in [5.41, 5.74) is 1.61. The third kappa shape index (κ3) is 5.09. The van der Waals surface area contributed by atoms with Crippen molar-refractivity contribution < 1.29 is 28.8 Å². The number of aromatic amines is 1. The molecule has 2 rings (SSSR count). The Balaban J connectivity index is 2.19. The zero-order chi connectivity index (χ0) is 22.4. The first-order valence-corrected chi connectivity index (χ1v) is 9.09. The molecule has 0 bridgehead atoms. The molecule has 0 spiro atoms. The molecule has 10 nitrogen and oxygen atoms in total. The van der Waals surface area contributed by atoms with Crippen LogP contribution in [-0.2, 0) is 9.47 Å². The van der Waals surface area contributed by atoms with E-state index in [9.17, 15) is 24.5 Å². The largest absolute Gasteiger partial charge is 0.454 e. The Bertz CT molecular complexity index is 995. The van der Waals surface area contributed by atoms with Gasteiger partial charge in [-0.3, -0.25) is 19.7 Å². The van der Waals surface area contributed by atoms with E-state index in [2.05, 4.69) is 10.3 Å². The van der Waals surface area contributed by atoms with Crippen LogP contribution in [0.3, 0.4) is 0 Å². The maximum Gasteiger partial charge on any atom is 0.340 e. The Kier molecular flexibility index (Phi) is 7.43. The number of hydrogen-bond donors (Lipinski definition) is 2. The molecule has 160 valence electrons. The molecule has 0 aliphatic rings. The summed E-state index contributed by atoms with van der Waals surface area (Å²) in [6, 6.07) is 3.73. The van der Waals surface area contributed by atoms with E-state index in [4.69, 9.17) is 9.47 Å². The van der Waals surface area contributed by atoms with Crippen molar-refractivity contribution in [2.24, 2.45) is 0 Å². The van der Waals surface area contributed by atoms with Crippen LogP contribution in [-0.4, -0.2) is 54.3 Å². The van der Waals surface area contributed by atoms with Crippen molar-refractivity contribution in [1.82, 2.24) is 4.98 Å². The van der Waals surface area contributed by atoms with Crippen LogP contribution in [0.25, 0.3) is 0 Å². The monoisotopic (exact) mass is 417 g/mol. The molecule has 0 saturated heterocycles. The van der Waals surface area contributed by atoms with E-state index in [-0.39, 0.29) is 22.7 Å². The lowest BCUT2D eigenvalue weighted by molar-refractivity contribution is -0.384. The number of carbonyl (C=O) groups excluding carboxylic acids is 3. The van der Waals surface area contributed by atoms with Gasteiger partial charge in [0.25, 0.3) is 5.69 Å². The Labute approximate surface area is 172 Å². The molecule has 0 aliphatic heterocycles. The van der Waals surface area contributed by atoms with E-state index in [1.807, 2.05) is 0 Å². The standard InChI is InChI=1S/C20H23N3O7/c1-11-18(13(3)24)12(2)22-19(11)17(25)10-30-20(26)15-9-14(23(27)28)5-6-16(15)21-7-8-29-4/h5-6,9,21-22H,7-8,10H2,1-4H3. The van der Waals surface area contributed by atoms with E-state index >= 15 is 0 Å². The molecule has 30 heavy (non-hydrogen) atoms. The lowest BCUT2D eigenvalue weighted by Gasteiger charge is -2.11. The van der Waals surface area contributed by atoms with E-state index in [0.717, 1.165) is 6.07 Å². The van der Waals surface area contributed by atoms with Gasteiger partial charge in [-0.15, -0.1) is 0 Å². The molecule has 0 fully saturated rings. The van der Waals surface area contributed by atoms with Crippen molar-refractivity contribution in [2.75, 3.05) is 32.2 Å². The maximum absolute atomic E-state index is 12.5. The highest BCUT2D eigenvalue weighted by atomic mass is 16.6. The van der Waals surface area contributed by atoms with Crippen LogP contribution < -0.4 is 5.32 Å². The summed E-state index contributed by atoms with van der Waals surface area (Å²) in [6.45, 7) is 4.84. The fraction of sp³-hybridized carbons (Fsp3) is 0.350. The highest BCUT2D eigenvalue weighted by Gasteiger charge is 2.23. The number of H-pyrrole nitrogens is 1. The normalized spacial score (nSPS) is 10.5. The number of aromatic nitrogens is 1. The number of non-ortho nitro benzene ring substituents is 1. The number of nitrogens with zero attached hydrogens (tertiary/aromatic N) is 1. The minimum absolute atomic E-state index is 0.0723. The van der Waals surface area contributed by atoms with Gasteiger partial charge in [0.15, 0.2) is 12.4 Å². The second kappa shape index (κ2) is 9.79. The van der Waals surface area contributed by atoms with Crippen LogP contribution in [0, 0.1) is 24.0 Å². The molecule has 0 radical (unpaired) electrons. The second-order valence-electron chi connectivity index (χ2n) is 6.59. The van der Waals surface area contributed by atoms with E-state index in [0.29, 0.717) is 35.7 Å². The first kappa shape index (κ1) is 22.8. The van der Waals surface area contributed by atoms with Crippen LogP contribution in [0.4, 0.5) is 11.4 Å². The number of nitro groups is 1. The number of methoxy groups -OCH3 is 1. The van der Waals surface area contributed by atoms with Gasteiger partial charge >= 0.3 is 5.97 Å². The zero-order valence-electron chi connectivity index (χ0n) is 17.2. The summed E-state index contributed by atoms with van der Waals surface area (Å²) in [5, 5.41) is 14.0. The molecule has 0 saturated carbocycles. The van der Waals surface area contributed by atoms with Crippen molar-refractivity contribution in [3.8, 4) is 0 Å². The topological polar surface area (TPSA) is 141 Å². The number of Topliss-reactive ketones (excluding diaryl/α,β-unsaturated/α-hetero) is 2. The van der Waals surface area contributed by atoms with Crippen molar-refractivity contribution in [3.63, 3.8) is 0 Å². The first-order chi connectivity index (χ1) is 14.2. The fourth-order valence-corrected chi connectivity index (χ4v) is 3.09. The third-order valence-electron chi connectivity index (χ3n) is 4.46. The van der Waals surface area contributed by atoms with Gasteiger partial charge in [0, 0.05) is 42.7 Å². The molecular weight excluding hydrogens is 394 g/mol. The molecular formula is C20H23N3O7. The summed E-state index contributed by atoms with van der Waals surface area (Å²) in [6.07, 6.45) is 0. The molecule has 1 aromatic carbocycles. The van der Waals surface area contributed by atoms with E-state index in [1.165, 1.54) is 26.2 Å². The SMILES string of the molecule is COCCNc1ccc([N+](=O)[O-])cc1C(=O)OCC(=O)c1[nH]c(C)c(C(C)=O)c1C. The van der Waals surface area contributed by atoms with Crippen molar-refractivity contribution in [1.29, 1.82) is 0 Å². The first-order valence-electron chi connectivity index (χ1n) is 9.09. The highest BCUT2D eigenvalue weighted by Crippen LogP contribution is 2.24. The molecule has 0 atom stereocenters. The van der Waals surface area contributed by atoms with E-state index in [1.54, 1.807) is 13.8 Å². The predicted octanol–water partition coefficient (Wildman–Crippen LogP) is 2.84. The third-order valence-corrected chi connectivity index (χ3v) is 4.46. The molecule has 0 amide bonds. The number of aryl methyl sites for hydroxylation is 1. The van der Waals surface area contributed by atoms with Crippen molar-refractivity contribution in [3.05, 3.63) is 56.4 Å². The summed E-state index contributed by atoms with van der Waals surface area (Å²) >= 11 is 0.